The van der Waals surface area contributed by atoms with Crippen LogP contribution in [-0.2, 0) is 13.3 Å². The molecular formula is C15H22N2O4SSi. The molecule has 0 saturated carbocycles. The first-order valence-electron chi connectivity index (χ1n) is 8.21. The summed E-state index contributed by atoms with van der Waals surface area (Å²) in [7, 11) is -3.26. The van der Waals surface area contributed by atoms with Crippen molar-refractivity contribution in [2.24, 2.45) is 0 Å². The number of rotatable bonds is 5. The second kappa shape index (κ2) is 5.64. The van der Waals surface area contributed by atoms with Gasteiger partial charge >= 0.3 is 140 Å². The predicted octanol–water partition coefficient (Wildman–Crippen LogP) is 1.64. The molecule has 1 aromatic heterocycles. The zero-order valence-electron chi connectivity index (χ0n) is 13.1. The first-order chi connectivity index (χ1) is 11.2. The van der Waals surface area contributed by atoms with E-state index in [2.05, 4.69) is 4.98 Å². The molecule has 3 fully saturated rings. The summed E-state index contributed by atoms with van der Waals surface area (Å²) in [6, 6.07) is 4.34. The number of pyridine rings is 1. The van der Waals surface area contributed by atoms with Gasteiger partial charge in [-0.1, -0.05) is 0 Å². The molecule has 4 heterocycles. The molecule has 0 spiro atoms. The molecule has 0 radical (unpaired) electrons. The summed E-state index contributed by atoms with van der Waals surface area (Å²) < 4.78 is 19.6. The number of thioether (sulfide) groups is 1. The molecule has 1 aromatic rings. The molecule has 0 bridgehead atoms. The summed E-state index contributed by atoms with van der Waals surface area (Å²) in [5.41, 5.74) is 0.705. The normalized spacial score (nSPS) is 31.9. The number of aromatic nitrogens is 1. The van der Waals surface area contributed by atoms with Crippen LogP contribution in [0.4, 0.5) is 0 Å². The zero-order valence-corrected chi connectivity index (χ0v) is 14.9. The fourth-order valence-electron chi connectivity index (χ4n) is 4.34. The Hall–Kier alpha value is -0.773. The van der Waals surface area contributed by atoms with Gasteiger partial charge in [-0.05, 0) is 0 Å². The van der Waals surface area contributed by atoms with E-state index in [0.717, 1.165) is 61.8 Å². The van der Waals surface area contributed by atoms with Crippen LogP contribution < -0.4 is 0 Å². The molecule has 23 heavy (non-hydrogen) atoms. The molecule has 6 nitrogen and oxygen atoms in total. The van der Waals surface area contributed by atoms with Crippen LogP contribution in [0.3, 0.4) is 0 Å². The SMILES string of the molecule is O=C(SCCC[Si-]123OCC[N+]1(CCO2)CCO3)c1ccncc1. The molecule has 0 amide bonds. The van der Waals surface area contributed by atoms with Crippen LogP contribution in [0.5, 0.6) is 0 Å². The second-order valence-corrected chi connectivity index (χ2v) is 12.1. The average molecular weight is 355 g/mol. The van der Waals surface area contributed by atoms with Crippen LogP contribution >= 0.6 is 11.8 Å². The molecule has 3 saturated heterocycles. The monoisotopic (exact) mass is 354 g/mol. The Labute approximate surface area is 140 Å². The molecule has 8 heteroatoms. The van der Waals surface area contributed by atoms with Gasteiger partial charge in [-0.25, -0.2) is 0 Å². The van der Waals surface area contributed by atoms with Crippen LogP contribution in [0.25, 0.3) is 0 Å². The Morgan fingerprint density at radius 1 is 1.13 bits per heavy atom. The van der Waals surface area contributed by atoms with E-state index < -0.39 is 8.24 Å². The summed E-state index contributed by atoms with van der Waals surface area (Å²) in [5, 5.41) is 0.0958. The van der Waals surface area contributed by atoms with Crippen LogP contribution in [0.2, 0.25) is 6.04 Å². The quantitative estimate of drug-likeness (QED) is 0.592. The van der Waals surface area contributed by atoms with Crippen molar-refractivity contribution in [1.82, 2.24) is 4.98 Å². The first-order valence-corrected chi connectivity index (χ1v) is 11.6. The zero-order chi connectivity index (χ0) is 15.8. The Morgan fingerprint density at radius 3 is 2.35 bits per heavy atom. The minimum absolute atomic E-state index is 0.0958. The Morgan fingerprint density at radius 2 is 1.74 bits per heavy atom. The molecule has 0 unspecified atom stereocenters. The van der Waals surface area contributed by atoms with Crippen molar-refractivity contribution in [3.8, 4) is 0 Å². The van der Waals surface area contributed by atoms with Gasteiger partial charge in [0.2, 0.25) is 0 Å². The van der Waals surface area contributed by atoms with Gasteiger partial charge in [-0.15, -0.1) is 0 Å². The maximum absolute atomic E-state index is 12.1. The second-order valence-electron chi connectivity index (χ2n) is 6.45. The summed E-state index contributed by atoms with van der Waals surface area (Å²) in [6.45, 7) is 5.31. The van der Waals surface area contributed by atoms with Crippen molar-refractivity contribution in [2.75, 3.05) is 45.2 Å². The average Bonchev–Trinajstić information content (AvgIpc) is 3.12. The Balaban J connectivity index is 1.37. The van der Waals surface area contributed by atoms with Crippen molar-refractivity contribution in [2.45, 2.75) is 12.5 Å². The van der Waals surface area contributed by atoms with Crippen LogP contribution in [-0.4, -0.2) is 67.7 Å². The maximum atomic E-state index is 12.1. The van der Waals surface area contributed by atoms with Crippen molar-refractivity contribution in [3.63, 3.8) is 0 Å². The van der Waals surface area contributed by atoms with Crippen molar-refractivity contribution >= 4 is 25.1 Å². The van der Waals surface area contributed by atoms with Crippen LogP contribution in [0.1, 0.15) is 16.8 Å². The summed E-state index contributed by atoms with van der Waals surface area (Å²) >= 11 is 1.36. The van der Waals surface area contributed by atoms with Gasteiger partial charge in [-0.3, -0.25) is 0 Å². The fraction of sp³-hybridized carbons (Fsp3) is 0.600. The number of quaternary nitrogens is 1. The van der Waals surface area contributed by atoms with Gasteiger partial charge in [0.1, 0.15) is 0 Å². The number of carbonyl (C=O) groups is 1. The van der Waals surface area contributed by atoms with E-state index >= 15 is 0 Å². The topological polar surface area (TPSA) is 57.7 Å². The molecule has 3 aliphatic heterocycles. The molecule has 4 rings (SSSR count). The predicted molar refractivity (Wildman–Crippen MR) is 88.9 cm³/mol. The molecule has 0 aromatic carbocycles. The van der Waals surface area contributed by atoms with E-state index in [-0.39, 0.29) is 5.12 Å². The number of carbonyl (C=O) groups excluding carboxylic acids is 1. The van der Waals surface area contributed by atoms with Gasteiger partial charge in [-0.2, -0.15) is 0 Å². The van der Waals surface area contributed by atoms with E-state index in [4.69, 9.17) is 13.3 Å². The standard InChI is InChI=1S/C15H22N2O4SSi/c18-15(14-2-4-16-5-3-14)22-12-1-13-23-17(6-9-19-23,7-10-20-23)8-11-21-23/h2-5H,1,6-13H2. The molecule has 0 N–H and O–H groups in total. The molecule has 3 aliphatic rings. The minimum atomic E-state index is -3.26. The fourth-order valence-corrected chi connectivity index (χ4v) is 11.2. The number of nitrogens with zero attached hydrogens (tertiary/aromatic N) is 2. The van der Waals surface area contributed by atoms with Gasteiger partial charge in [0.05, 0.1) is 0 Å². The third-order valence-corrected chi connectivity index (χ3v) is 12.5. The summed E-state index contributed by atoms with van der Waals surface area (Å²) in [6.07, 6.45) is 4.18. The van der Waals surface area contributed by atoms with Crippen molar-refractivity contribution in [1.29, 1.82) is 0 Å². The molecule has 0 aliphatic carbocycles. The van der Waals surface area contributed by atoms with E-state index in [1.807, 2.05) is 0 Å². The Kier molecular flexibility index (Phi) is 3.86. The van der Waals surface area contributed by atoms with E-state index in [0.29, 0.717) is 5.56 Å². The molecule has 0 atom stereocenters. The number of hydrogen-bond acceptors (Lipinski definition) is 6. The van der Waals surface area contributed by atoms with Gasteiger partial charge < -0.3 is 0 Å². The van der Waals surface area contributed by atoms with Crippen LogP contribution in [0, 0.1) is 0 Å². The third-order valence-electron chi connectivity index (χ3n) is 5.52. The Bertz CT molecular complexity index is 583. The summed E-state index contributed by atoms with van der Waals surface area (Å²) in [5.74, 6) is 0.765. The van der Waals surface area contributed by atoms with Crippen LogP contribution in [0.15, 0.2) is 24.5 Å². The first kappa shape index (κ1) is 15.7. The van der Waals surface area contributed by atoms with E-state index in [1.54, 1.807) is 24.5 Å². The summed E-state index contributed by atoms with van der Waals surface area (Å²) in [4.78, 5) is 16.1. The van der Waals surface area contributed by atoms with Gasteiger partial charge in [0.15, 0.2) is 0 Å². The van der Waals surface area contributed by atoms with Crippen molar-refractivity contribution in [3.05, 3.63) is 30.1 Å². The van der Waals surface area contributed by atoms with E-state index in [9.17, 15) is 4.79 Å². The molecular weight excluding hydrogens is 332 g/mol. The van der Waals surface area contributed by atoms with Gasteiger partial charge in [0, 0.05) is 0 Å². The van der Waals surface area contributed by atoms with Gasteiger partial charge in [0.25, 0.3) is 0 Å². The third kappa shape index (κ3) is 2.24. The number of hydrogen-bond donors (Lipinski definition) is 0. The van der Waals surface area contributed by atoms with Crippen molar-refractivity contribution < 1.29 is 22.2 Å². The molecule has 126 valence electrons. The van der Waals surface area contributed by atoms with E-state index in [1.165, 1.54) is 11.8 Å².